The summed E-state index contributed by atoms with van der Waals surface area (Å²) in [4.78, 5) is 0. The summed E-state index contributed by atoms with van der Waals surface area (Å²) in [6.45, 7) is 0. The molecular formula is C9Cl4F6. The van der Waals surface area contributed by atoms with E-state index in [1.165, 1.54) is 0 Å². The van der Waals surface area contributed by atoms with Crippen LogP contribution in [-0.2, 0) is 4.33 Å². The first kappa shape index (κ1) is 16.8. The molecule has 1 aromatic rings. The quantitative estimate of drug-likeness (QED) is 0.276. The molecule has 0 spiro atoms. The maximum absolute atomic E-state index is 13.4. The summed E-state index contributed by atoms with van der Waals surface area (Å²) in [6.07, 6.45) is 0. The molecule has 0 aliphatic carbocycles. The van der Waals surface area contributed by atoms with Gasteiger partial charge in [-0.05, 0) is 0 Å². The number of hydrogen-bond donors (Lipinski definition) is 0. The van der Waals surface area contributed by atoms with E-state index < -0.39 is 49.3 Å². The van der Waals surface area contributed by atoms with Crippen LogP contribution in [0.5, 0.6) is 0 Å². The van der Waals surface area contributed by atoms with Crippen molar-refractivity contribution < 1.29 is 26.3 Å². The van der Waals surface area contributed by atoms with E-state index in [1.807, 2.05) is 0 Å². The fraction of sp³-hybridized carbons (Fsp3) is 0.111. The summed E-state index contributed by atoms with van der Waals surface area (Å²) in [7, 11) is 0. The maximum atomic E-state index is 13.4. The van der Waals surface area contributed by atoms with Crippen molar-refractivity contribution in [2.24, 2.45) is 0 Å². The minimum absolute atomic E-state index is 1.23. The standard InChI is InChI=1S/C9Cl4F6/c10-8(11)7(19)9(12,13)1-2(14)4(16)6(18)5(17)3(1)15. The zero-order valence-corrected chi connectivity index (χ0v) is 11.3. The Kier molecular flexibility index (Phi) is 4.93. The molecule has 0 heterocycles. The van der Waals surface area contributed by atoms with Gasteiger partial charge in [0.2, 0.25) is 10.2 Å². The van der Waals surface area contributed by atoms with Crippen LogP contribution in [0.25, 0.3) is 0 Å². The summed E-state index contributed by atoms with van der Waals surface area (Å²) in [6, 6.07) is 0. The lowest BCUT2D eigenvalue weighted by atomic mass is 10.1. The number of halogens is 10. The van der Waals surface area contributed by atoms with Gasteiger partial charge < -0.3 is 0 Å². The first-order valence-corrected chi connectivity index (χ1v) is 5.65. The largest absolute Gasteiger partial charge is 0.205 e. The fourth-order valence-corrected chi connectivity index (χ4v) is 2.11. The van der Waals surface area contributed by atoms with Crippen LogP contribution >= 0.6 is 46.4 Å². The van der Waals surface area contributed by atoms with E-state index in [9.17, 15) is 26.3 Å². The van der Waals surface area contributed by atoms with Gasteiger partial charge in [0.1, 0.15) is 4.49 Å². The minimum atomic E-state index is -3.28. The summed E-state index contributed by atoms with van der Waals surface area (Å²) < 4.78 is 74.2. The molecule has 10 heteroatoms. The van der Waals surface area contributed by atoms with Gasteiger partial charge in [0, 0.05) is 0 Å². The molecule has 0 N–H and O–H groups in total. The van der Waals surface area contributed by atoms with E-state index in [0.717, 1.165) is 0 Å². The number of hydrogen-bond acceptors (Lipinski definition) is 0. The lowest BCUT2D eigenvalue weighted by Gasteiger charge is -2.20. The van der Waals surface area contributed by atoms with Gasteiger partial charge in [-0.2, -0.15) is 0 Å². The number of rotatable bonds is 2. The molecule has 0 bridgehead atoms. The lowest BCUT2D eigenvalue weighted by molar-refractivity contribution is 0.366. The third-order valence-electron chi connectivity index (χ3n) is 1.97. The van der Waals surface area contributed by atoms with Crippen LogP contribution in [-0.4, -0.2) is 0 Å². The summed E-state index contributed by atoms with van der Waals surface area (Å²) in [5.74, 6) is -13.8. The Morgan fingerprint density at radius 3 is 1.37 bits per heavy atom. The van der Waals surface area contributed by atoms with Gasteiger partial charge in [-0.25, -0.2) is 26.3 Å². The van der Waals surface area contributed by atoms with Gasteiger partial charge in [0.05, 0.1) is 5.56 Å². The van der Waals surface area contributed by atoms with Crippen LogP contribution in [0.15, 0.2) is 10.3 Å². The van der Waals surface area contributed by atoms with Crippen LogP contribution in [0.4, 0.5) is 26.3 Å². The molecule has 0 radical (unpaired) electrons. The second kappa shape index (κ2) is 5.60. The molecular weight excluding hydrogens is 364 g/mol. The molecule has 106 valence electrons. The molecule has 1 rings (SSSR count). The fourth-order valence-electron chi connectivity index (χ4n) is 1.11. The zero-order valence-electron chi connectivity index (χ0n) is 8.28. The third kappa shape index (κ3) is 2.77. The second-order valence-electron chi connectivity index (χ2n) is 3.09. The van der Waals surface area contributed by atoms with Crippen molar-refractivity contribution in [3.05, 3.63) is 45.0 Å². The average molecular weight is 364 g/mol. The smallest absolute Gasteiger partial charge is 0.202 e. The summed E-state index contributed by atoms with van der Waals surface area (Å²) >= 11 is 20.4. The van der Waals surface area contributed by atoms with E-state index in [1.54, 1.807) is 0 Å². The van der Waals surface area contributed by atoms with E-state index in [2.05, 4.69) is 0 Å². The summed E-state index contributed by atoms with van der Waals surface area (Å²) in [5, 5.41) is 0. The maximum Gasteiger partial charge on any atom is 0.202 e. The molecule has 0 saturated carbocycles. The normalized spacial score (nSPS) is 11.7. The predicted octanol–water partition coefficient (Wildman–Crippen LogP) is 5.63. The van der Waals surface area contributed by atoms with Gasteiger partial charge in [-0.3, -0.25) is 0 Å². The Morgan fingerprint density at radius 1 is 0.737 bits per heavy atom. The van der Waals surface area contributed by atoms with Gasteiger partial charge in [0.15, 0.2) is 29.1 Å². The van der Waals surface area contributed by atoms with Gasteiger partial charge in [0.25, 0.3) is 0 Å². The van der Waals surface area contributed by atoms with E-state index >= 15 is 0 Å². The summed E-state index contributed by atoms with van der Waals surface area (Å²) in [5.41, 5.74) is -1.82. The molecule has 0 unspecified atom stereocenters. The average Bonchev–Trinajstić information content (AvgIpc) is 2.32. The van der Waals surface area contributed by atoms with E-state index in [4.69, 9.17) is 46.4 Å². The molecule has 0 aliphatic rings. The Morgan fingerprint density at radius 2 is 1.05 bits per heavy atom. The van der Waals surface area contributed by atoms with Crippen molar-refractivity contribution in [3.63, 3.8) is 0 Å². The number of alkyl halides is 2. The monoisotopic (exact) mass is 362 g/mol. The highest BCUT2D eigenvalue weighted by Gasteiger charge is 2.43. The highest BCUT2D eigenvalue weighted by molar-refractivity contribution is 6.58. The Labute approximate surface area is 122 Å². The molecule has 0 amide bonds. The lowest BCUT2D eigenvalue weighted by Crippen LogP contribution is -2.20. The molecule has 0 aliphatic heterocycles. The predicted molar refractivity (Wildman–Crippen MR) is 59.5 cm³/mol. The Hall–Kier alpha value is -0.300. The van der Waals surface area contributed by atoms with Crippen LogP contribution < -0.4 is 0 Å². The number of benzene rings is 1. The van der Waals surface area contributed by atoms with Crippen molar-refractivity contribution in [1.82, 2.24) is 0 Å². The molecule has 0 atom stereocenters. The highest BCUT2D eigenvalue weighted by atomic mass is 35.5. The van der Waals surface area contributed by atoms with Crippen LogP contribution in [0.2, 0.25) is 0 Å². The molecule has 0 saturated heterocycles. The zero-order chi connectivity index (χ0) is 15.1. The topological polar surface area (TPSA) is 0 Å². The second-order valence-corrected chi connectivity index (χ2v) is 5.37. The van der Waals surface area contributed by atoms with Crippen molar-refractivity contribution in [3.8, 4) is 0 Å². The van der Waals surface area contributed by atoms with Gasteiger partial charge in [-0.15, -0.1) is 0 Å². The van der Waals surface area contributed by atoms with E-state index in [0.29, 0.717) is 0 Å². The van der Waals surface area contributed by atoms with Gasteiger partial charge >= 0.3 is 0 Å². The molecule has 0 nitrogen and oxygen atoms in total. The highest BCUT2D eigenvalue weighted by Crippen LogP contribution is 2.47. The molecule has 19 heavy (non-hydrogen) atoms. The molecule has 0 fully saturated rings. The first-order valence-electron chi connectivity index (χ1n) is 4.14. The third-order valence-corrected chi connectivity index (χ3v) is 3.01. The van der Waals surface area contributed by atoms with Crippen molar-refractivity contribution in [2.75, 3.05) is 0 Å². The Bertz CT molecular complexity index is 535. The van der Waals surface area contributed by atoms with E-state index in [-0.39, 0.29) is 0 Å². The SMILES string of the molecule is FC(=C(Cl)Cl)C(Cl)(Cl)c1c(F)c(F)c(F)c(F)c1F. The Balaban J connectivity index is 3.75. The molecule has 0 aromatic heterocycles. The minimum Gasteiger partial charge on any atom is -0.205 e. The van der Waals surface area contributed by atoms with Crippen LogP contribution in [0.1, 0.15) is 5.56 Å². The van der Waals surface area contributed by atoms with Gasteiger partial charge in [-0.1, -0.05) is 46.4 Å². The van der Waals surface area contributed by atoms with Crippen LogP contribution in [0.3, 0.4) is 0 Å². The van der Waals surface area contributed by atoms with Crippen LogP contribution in [0, 0.1) is 29.1 Å². The first-order chi connectivity index (χ1) is 8.53. The van der Waals surface area contributed by atoms with Crippen molar-refractivity contribution in [2.45, 2.75) is 4.33 Å². The van der Waals surface area contributed by atoms with Crippen molar-refractivity contribution >= 4 is 46.4 Å². The number of allylic oxidation sites excluding steroid dienone is 1. The molecule has 1 aromatic carbocycles. The van der Waals surface area contributed by atoms with Crippen molar-refractivity contribution in [1.29, 1.82) is 0 Å².